The predicted octanol–water partition coefficient (Wildman–Crippen LogP) is 2.48. The summed E-state index contributed by atoms with van der Waals surface area (Å²) in [5.74, 6) is 0.301. The summed E-state index contributed by atoms with van der Waals surface area (Å²) >= 11 is 0. The van der Waals surface area contributed by atoms with Crippen molar-refractivity contribution >= 4 is 5.78 Å². The van der Waals surface area contributed by atoms with Crippen LogP contribution in [0.5, 0.6) is 0 Å². The van der Waals surface area contributed by atoms with Gasteiger partial charge in [-0.15, -0.1) is 0 Å². The van der Waals surface area contributed by atoms with Gasteiger partial charge in [0.2, 0.25) is 0 Å². The number of ketones is 1. The quantitative estimate of drug-likeness (QED) is 0.675. The van der Waals surface area contributed by atoms with Crippen molar-refractivity contribution in [1.29, 1.82) is 0 Å². The predicted molar refractivity (Wildman–Crippen MR) is 55.1 cm³/mol. The Kier molecular flexibility index (Phi) is 2.48. The summed E-state index contributed by atoms with van der Waals surface area (Å²) in [6.07, 6.45) is 6.01. The van der Waals surface area contributed by atoms with Crippen molar-refractivity contribution in [3.63, 3.8) is 0 Å². The van der Waals surface area contributed by atoms with Crippen molar-refractivity contribution in [3.05, 3.63) is 11.6 Å². The van der Waals surface area contributed by atoms with Gasteiger partial charge in [0.1, 0.15) is 0 Å². The van der Waals surface area contributed by atoms with E-state index in [2.05, 4.69) is 6.92 Å². The molecule has 2 heteroatoms. The standard InChI is InChI=1S/C12H18O2/c1-3-14-11-5-4-9-8-10(13)6-7-12(9,11)2/h8,11H,3-7H2,1-2H3. The third-order valence-corrected chi connectivity index (χ3v) is 3.71. The molecule has 0 aromatic rings. The van der Waals surface area contributed by atoms with Crippen LogP contribution in [0.1, 0.15) is 39.5 Å². The number of carbonyl (C=O) groups excluding carboxylic acids is 1. The highest BCUT2D eigenvalue weighted by atomic mass is 16.5. The summed E-state index contributed by atoms with van der Waals surface area (Å²) in [6.45, 7) is 5.07. The Labute approximate surface area is 85.3 Å². The highest BCUT2D eigenvalue weighted by Crippen LogP contribution is 2.49. The van der Waals surface area contributed by atoms with Crippen molar-refractivity contribution in [2.45, 2.75) is 45.6 Å². The van der Waals surface area contributed by atoms with Crippen LogP contribution in [0.4, 0.5) is 0 Å². The van der Waals surface area contributed by atoms with Gasteiger partial charge in [-0.25, -0.2) is 0 Å². The molecule has 0 N–H and O–H groups in total. The molecule has 2 aliphatic carbocycles. The molecule has 0 aromatic heterocycles. The lowest BCUT2D eigenvalue weighted by molar-refractivity contribution is -0.116. The first-order valence-electron chi connectivity index (χ1n) is 5.52. The van der Waals surface area contributed by atoms with E-state index < -0.39 is 0 Å². The Hall–Kier alpha value is -0.630. The molecule has 0 spiro atoms. The second-order valence-corrected chi connectivity index (χ2v) is 4.54. The van der Waals surface area contributed by atoms with Crippen LogP contribution in [0.25, 0.3) is 0 Å². The van der Waals surface area contributed by atoms with Gasteiger partial charge in [-0.05, 0) is 32.3 Å². The van der Waals surface area contributed by atoms with Crippen LogP contribution in [-0.2, 0) is 9.53 Å². The van der Waals surface area contributed by atoms with Gasteiger partial charge in [-0.1, -0.05) is 12.5 Å². The number of hydrogen-bond acceptors (Lipinski definition) is 2. The molecule has 0 amide bonds. The lowest BCUT2D eigenvalue weighted by Gasteiger charge is -2.34. The van der Waals surface area contributed by atoms with E-state index >= 15 is 0 Å². The summed E-state index contributed by atoms with van der Waals surface area (Å²) in [6, 6.07) is 0. The number of fused-ring (bicyclic) bond motifs is 1. The first-order chi connectivity index (χ1) is 6.66. The molecule has 0 heterocycles. The highest BCUT2D eigenvalue weighted by Gasteiger charge is 2.45. The molecular weight excluding hydrogens is 176 g/mol. The van der Waals surface area contributed by atoms with Crippen LogP contribution in [0, 0.1) is 5.41 Å². The van der Waals surface area contributed by atoms with Crippen molar-refractivity contribution in [3.8, 4) is 0 Å². The van der Waals surface area contributed by atoms with Gasteiger partial charge < -0.3 is 4.74 Å². The SMILES string of the molecule is CCOC1CCC2=CC(=O)CCC21C. The molecule has 2 atom stereocenters. The fourth-order valence-corrected chi connectivity index (χ4v) is 2.77. The number of carbonyl (C=O) groups is 1. The summed E-state index contributed by atoms with van der Waals surface area (Å²) < 4.78 is 5.76. The maximum atomic E-state index is 11.3. The summed E-state index contributed by atoms with van der Waals surface area (Å²) in [7, 11) is 0. The van der Waals surface area contributed by atoms with E-state index in [1.165, 1.54) is 5.57 Å². The van der Waals surface area contributed by atoms with Gasteiger partial charge in [0.25, 0.3) is 0 Å². The zero-order chi connectivity index (χ0) is 10.2. The molecule has 78 valence electrons. The number of rotatable bonds is 2. The normalized spacial score (nSPS) is 36.9. The molecule has 0 aromatic carbocycles. The molecule has 2 unspecified atom stereocenters. The maximum absolute atomic E-state index is 11.3. The van der Waals surface area contributed by atoms with Crippen LogP contribution in [0.15, 0.2) is 11.6 Å². The Morgan fingerprint density at radius 3 is 3.07 bits per heavy atom. The minimum atomic E-state index is 0.157. The third-order valence-electron chi connectivity index (χ3n) is 3.71. The molecule has 0 radical (unpaired) electrons. The fourth-order valence-electron chi connectivity index (χ4n) is 2.77. The Morgan fingerprint density at radius 1 is 1.57 bits per heavy atom. The average Bonchev–Trinajstić information content (AvgIpc) is 2.46. The maximum Gasteiger partial charge on any atom is 0.155 e. The fraction of sp³-hybridized carbons (Fsp3) is 0.750. The molecule has 2 aliphatic rings. The van der Waals surface area contributed by atoms with Crippen molar-refractivity contribution in [2.75, 3.05) is 6.61 Å². The van der Waals surface area contributed by atoms with Gasteiger partial charge >= 0.3 is 0 Å². The molecule has 1 fully saturated rings. The monoisotopic (exact) mass is 194 g/mol. The molecular formula is C12H18O2. The number of ether oxygens (including phenoxy) is 1. The van der Waals surface area contributed by atoms with Gasteiger partial charge in [0, 0.05) is 18.4 Å². The van der Waals surface area contributed by atoms with Gasteiger partial charge in [-0.2, -0.15) is 0 Å². The zero-order valence-corrected chi connectivity index (χ0v) is 9.01. The van der Waals surface area contributed by atoms with Crippen molar-refractivity contribution in [2.24, 2.45) is 5.41 Å². The molecule has 1 saturated carbocycles. The first kappa shape index (κ1) is 9.91. The second-order valence-electron chi connectivity index (χ2n) is 4.54. The second kappa shape index (κ2) is 3.50. The van der Waals surface area contributed by atoms with E-state index in [1.807, 2.05) is 13.0 Å². The largest absolute Gasteiger partial charge is 0.378 e. The Balaban J connectivity index is 2.23. The lowest BCUT2D eigenvalue weighted by Crippen LogP contribution is -2.33. The Bertz CT molecular complexity index is 280. The van der Waals surface area contributed by atoms with E-state index in [1.54, 1.807) is 0 Å². The molecule has 0 saturated heterocycles. The third kappa shape index (κ3) is 1.42. The van der Waals surface area contributed by atoms with Crippen LogP contribution >= 0.6 is 0 Å². The first-order valence-corrected chi connectivity index (χ1v) is 5.52. The van der Waals surface area contributed by atoms with Crippen LogP contribution in [0.2, 0.25) is 0 Å². The topological polar surface area (TPSA) is 26.3 Å². The highest BCUT2D eigenvalue weighted by molar-refractivity contribution is 5.91. The minimum Gasteiger partial charge on any atom is -0.378 e. The van der Waals surface area contributed by atoms with E-state index in [9.17, 15) is 4.79 Å². The molecule has 2 nitrogen and oxygen atoms in total. The van der Waals surface area contributed by atoms with E-state index in [-0.39, 0.29) is 5.41 Å². The van der Waals surface area contributed by atoms with Crippen molar-refractivity contribution in [1.82, 2.24) is 0 Å². The number of hydrogen-bond donors (Lipinski definition) is 0. The summed E-state index contributed by atoms with van der Waals surface area (Å²) in [5.41, 5.74) is 1.48. The van der Waals surface area contributed by atoms with E-state index in [0.717, 1.165) is 25.9 Å². The smallest absolute Gasteiger partial charge is 0.155 e. The summed E-state index contributed by atoms with van der Waals surface area (Å²) in [4.78, 5) is 11.3. The lowest BCUT2D eigenvalue weighted by atomic mass is 9.74. The summed E-state index contributed by atoms with van der Waals surface area (Å²) in [5, 5.41) is 0. The molecule has 2 rings (SSSR count). The molecule has 0 aliphatic heterocycles. The van der Waals surface area contributed by atoms with Gasteiger partial charge in [0.15, 0.2) is 5.78 Å². The molecule has 0 bridgehead atoms. The Morgan fingerprint density at radius 2 is 2.36 bits per heavy atom. The zero-order valence-electron chi connectivity index (χ0n) is 9.01. The van der Waals surface area contributed by atoms with Crippen LogP contribution in [0.3, 0.4) is 0 Å². The number of allylic oxidation sites excluding steroid dienone is 1. The average molecular weight is 194 g/mol. The molecule has 14 heavy (non-hydrogen) atoms. The van der Waals surface area contributed by atoms with Crippen LogP contribution in [-0.4, -0.2) is 18.5 Å². The van der Waals surface area contributed by atoms with E-state index in [4.69, 9.17) is 4.74 Å². The van der Waals surface area contributed by atoms with Gasteiger partial charge in [0.05, 0.1) is 6.10 Å². The van der Waals surface area contributed by atoms with Crippen molar-refractivity contribution < 1.29 is 9.53 Å². The minimum absolute atomic E-state index is 0.157. The van der Waals surface area contributed by atoms with Crippen LogP contribution < -0.4 is 0 Å². The van der Waals surface area contributed by atoms with E-state index in [0.29, 0.717) is 18.3 Å². The van der Waals surface area contributed by atoms with Gasteiger partial charge in [-0.3, -0.25) is 4.79 Å².